The maximum Gasteiger partial charge on any atom is 0.420 e. The van der Waals surface area contributed by atoms with Gasteiger partial charge in [-0.05, 0) is 36.4 Å². The fraction of sp³-hybridized carbons (Fsp3) is 0.105. The van der Waals surface area contributed by atoms with Crippen molar-refractivity contribution in [3.63, 3.8) is 0 Å². The Morgan fingerprint density at radius 2 is 2.04 bits per heavy atom. The highest BCUT2D eigenvalue weighted by Crippen LogP contribution is 2.29. The first-order valence-electron chi connectivity index (χ1n) is 7.97. The Morgan fingerprint density at radius 1 is 1.19 bits per heavy atom. The monoisotopic (exact) mass is 349 g/mol. The summed E-state index contributed by atoms with van der Waals surface area (Å²) in [5.41, 5.74) is 2.27. The third-order valence-electron chi connectivity index (χ3n) is 4.10. The van der Waals surface area contributed by atoms with Crippen molar-refractivity contribution in [1.29, 1.82) is 0 Å². The summed E-state index contributed by atoms with van der Waals surface area (Å²) in [5, 5.41) is 3.58. The molecule has 130 valence electrons. The molecule has 0 saturated heterocycles. The Hall–Kier alpha value is -3.61. The molecule has 7 heteroatoms. The van der Waals surface area contributed by atoms with Crippen LogP contribution >= 0.6 is 0 Å². The Morgan fingerprint density at radius 3 is 2.88 bits per heavy atom. The summed E-state index contributed by atoms with van der Waals surface area (Å²) in [5.74, 6) is -0.285. The van der Waals surface area contributed by atoms with Crippen molar-refractivity contribution in [3.05, 3.63) is 65.3 Å². The smallest absolute Gasteiger partial charge is 0.420 e. The molecule has 0 aliphatic carbocycles. The number of carbonyl (C=O) groups is 1. The van der Waals surface area contributed by atoms with E-state index in [0.717, 1.165) is 5.39 Å². The predicted octanol–water partition coefficient (Wildman–Crippen LogP) is 2.79. The predicted molar refractivity (Wildman–Crippen MR) is 97.4 cm³/mol. The molecule has 2 heterocycles. The summed E-state index contributed by atoms with van der Waals surface area (Å²) in [7, 11) is 1.57. The number of benzene rings is 2. The molecule has 2 aromatic carbocycles. The quantitative estimate of drug-likeness (QED) is 0.612. The van der Waals surface area contributed by atoms with Gasteiger partial charge in [0.2, 0.25) is 5.91 Å². The molecule has 26 heavy (non-hydrogen) atoms. The molecule has 0 fully saturated rings. The molecule has 0 spiro atoms. The number of methoxy groups -OCH3 is 1. The minimum atomic E-state index is -0.567. The summed E-state index contributed by atoms with van der Waals surface area (Å²) >= 11 is 0. The highest BCUT2D eigenvalue weighted by Gasteiger charge is 2.14. The van der Waals surface area contributed by atoms with Crippen molar-refractivity contribution in [2.24, 2.45) is 0 Å². The van der Waals surface area contributed by atoms with E-state index in [0.29, 0.717) is 28.1 Å². The van der Waals surface area contributed by atoms with Crippen LogP contribution in [-0.2, 0) is 11.3 Å². The van der Waals surface area contributed by atoms with E-state index in [1.54, 1.807) is 55.8 Å². The number of hydrogen-bond acceptors (Lipinski definition) is 5. The number of oxazole rings is 1. The molecule has 4 aromatic rings. The third kappa shape index (κ3) is 2.69. The van der Waals surface area contributed by atoms with Crippen molar-refractivity contribution >= 4 is 33.6 Å². The van der Waals surface area contributed by atoms with Crippen molar-refractivity contribution < 1.29 is 13.9 Å². The first kappa shape index (κ1) is 15.9. The Balaban J connectivity index is 1.66. The standard InChI is InChI=1S/C19H15N3O4/c1-25-16-9-8-13(12-5-4-10-20-18(12)16)21-17(23)11-22-14-6-2-3-7-15(14)26-19(22)24/h2-10H,11H2,1H3,(H,21,23). The fourth-order valence-electron chi connectivity index (χ4n) is 2.92. The fourth-order valence-corrected chi connectivity index (χ4v) is 2.92. The van der Waals surface area contributed by atoms with Crippen LogP contribution in [0.25, 0.3) is 22.0 Å². The molecule has 7 nitrogen and oxygen atoms in total. The number of anilines is 1. The SMILES string of the molecule is COc1ccc(NC(=O)Cn2c(=O)oc3ccccc32)c2cccnc12. The number of ether oxygens (including phenoxy) is 1. The average molecular weight is 349 g/mol. The second-order valence-electron chi connectivity index (χ2n) is 5.68. The maximum atomic E-state index is 12.5. The molecular formula is C19H15N3O4. The van der Waals surface area contributed by atoms with Crippen LogP contribution in [0, 0.1) is 0 Å². The number of nitrogens with zero attached hydrogens (tertiary/aromatic N) is 2. The summed E-state index contributed by atoms with van der Waals surface area (Å²) in [6.45, 7) is -0.149. The summed E-state index contributed by atoms with van der Waals surface area (Å²) in [6.07, 6.45) is 1.66. The van der Waals surface area contributed by atoms with E-state index in [1.165, 1.54) is 4.57 Å². The first-order chi connectivity index (χ1) is 12.7. The van der Waals surface area contributed by atoms with E-state index >= 15 is 0 Å². The number of fused-ring (bicyclic) bond motifs is 2. The Kier molecular flexibility index (Phi) is 3.89. The van der Waals surface area contributed by atoms with Crippen LogP contribution in [0.15, 0.2) is 63.9 Å². The molecule has 1 amide bonds. The maximum absolute atomic E-state index is 12.5. The molecule has 4 rings (SSSR count). The van der Waals surface area contributed by atoms with Crippen LogP contribution in [-0.4, -0.2) is 22.6 Å². The van der Waals surface area contributed by atoms with Crippen LogP contribution < -0.4 is 15.8 Å². The van der Waals surface area contributed by atoms with E-state index in [4.69, 9.17) is 9.15 Å². The molecular weight excluding hydrogens is 334 g/mol. The number of amides is 1. The second-order valence-corrected chi connectivity index (χ2v) is 5.68. The average Bonchev–Trinajstić information content (AvgIpc) is 2.97. The van der Waals surface area contributed by atoms with Crippen LogP contribution in [0.4, 0.5) is 5.69 Å². The van der Waals surface area contributed by atoms with Gasteiger partial charge in [-0.15, -0.1) is 0 Å². The van der Waals surface area contributed by atoms with Gasteiger partial charge in [-0.25, -0.2) is 4.79 Å². The van der Waals surface area contributed by atoms with Gasteiger partial charge >= 0.3 is 5.76 Å². The molecule has 2 aromatic heterocycles. The lowest BCUT2D eigenvalue weighted by Crippen LogP contribution is -2.24. The van der Waals surface area contributed by atoms with Crippen molar-refractivity contribution in [3.8, 4) is 5.75 Å². The molecule has 1 N–H and O–H groups in total. The second kappa shape index (κ2) is 6.36. The van der Waals surface area contributed by atoms with Gasteiger partial charge in [0.1, 0.15) is 17.8 Å². The normalized spacial score (nSPS) is 11.0. The van der Waals surface area contributed by atoms with Gasteiger partial charge < -0.3 is 14.5 Å². The van der Waals surface area contributed by atoms with Gasteiger partial charge in [0.25, 0.3) is 0 Å². The summed E-state index contributed by atoms with van der Waals surface area (Å²) in [6, 6.07) is 14.1. The van der Waals surface area contributed by atoms with Crippen LogP contribution in [0.3, 0.4) is 0 Å². The van der Waals surface area contributed by atoms with Crippen LogP contribution in [0.1, 0.15) is 0 Å². The van der Waals surface area contributed by atoms with Gasteiger partial charge in [-0.2, -0.15) is 0 Å². The van der Waals surface area contributed by atoms with Gasteiger partial charge in [0.15, 0.2) is 5.58 Å². The lowest BCUT2D eigenvalue weighted by Gasteiger charge is -2.11. The lowest BCUT2D eigenvalue weighted by molar-refractivity contribution is -0.116. The largest absolute Gasteiger partial charge is 0.494 e. The highest BCUT2D eigenvalue weighted by molar-refractivity contribution is 6.02. The number of para-hydroxylation sites is 2. The lowest BCUT2D eigenvalue weighted by atomic mass is 10.1. The van der Waals surface area contributed by atoms with Crippen LogP contribution in [0.2, 0.25) is 0 Å². The molecule has 0 unspecified atom stereocenters. The number of pyridine rings is 1. The molecule has 0 aliphatic rings. The third-order valence-corrected chi connectivity index (χ3v) is 4.10. The van der Waals surface area contributed by atoms with E-state index in [2.05, 4.69) is 10.3 Å². The Labute approximate surface area is 147 Å². The van der Waals surface area contributed by atoms with Crippen molar-refractivity contribution in [2.45, 2.75) is 6.54 Å². The molecule has 0 aliphatic heterocycles. The molecule has 0 bridgehead atoms. The zero-order valence-corrected chi connectivity index (χ0v) is 13.9. The highest BCUT2D eigenvalue weighted by atomic mass is 16.5. The Bertz CT molecular complexity index is 1180. The van der Waals surface area contributed by atoms with E-state index in [-0.39, 0.29) is 12.5 Å². The van der Waals surface area contributed by atoms with Crippen molar-refractivity contribution in [1.82, 2.24) is 9.55 Å². The zero-order valence-electron chi connectivity index (χ0n) is 13.9. The first-order valence-corrected chi connectivity index (χ1v) is 7.97. The number of aromatic nitrogens is 2. The number of nitrogens with one attached hydrogen (secondary N) is 1. The van der Waals surface area contributed by atoms with Gasteiger partial charge in [-0.3, -0.25) is 14.3 Å². The van der Waals surface area contributed by atoms with Gasteiger partial charge in [0.05, 0.1) is 18.3 Å². The molecule has 0 radical (unpaired) electrons. The summed E-state index contributed by atoms with van der Waals surface area (Å²) in [4.78, 5) is 28.8. The van der Waals surface area contributed by atoms with E-state index in [1.807, 2.05) is 6.07 Å². The zero-order chi connectivity index (χ0) is 18.1. The number of hydrogen-bond donors (Lipinski definition) is 1. The van der Waals surface area contributed by atoms with E-state index in [9.17, 15) is 9.59 Å². The van der Waals surface area contributed by atoms with E-state index < -0.39 is 5.76 Å². The van der Waals surface area contributed by atoms with Gasteiger partial charge in [0, 0.05) is 11.6 Å². The summed E-state index contributed by atoms with van der Waals surface area (Å²) < 4.78 is 11.8. The molecule has 0 atom stereocenters. The van der Waals surface area contributed by atoms with Gasteiger partial charge in [-0.1, -0.05) is 12.1 Å². The molecule has 0 saturated carbocycles. The number of rotatable bonds is 4. The van der Waals surface area contributed by atoms with Crippen LogP contribution in [0.5, 0.6) is 5.75 Å². The minimum absolute atomic E-state index is 0.149. The topological polar surface area (TPSA) is 86.4 Å². The minimum Gasteiger partial charge on any atom is -0.494 e. The van der Waals surface area contributed by atoms with Crippen molar-refractivity contribution in [2.75, 3.05) is 12.4 Å². The number of carbonyl (C=O) groups excluding carboxylic acids is 1.